The van der Waals surface area contributed by atoms with Crippen LogP contribution in [0.15, 0.2) is 42.5 Å². The summed E-state index contributed by atoms with van der Waals surface area (Å²) in [6.45, 7) is 0.496. The molecule has 1 heterocycles. The van der Waals surface area contributed by atoms with Gasteiger partial charge < -0.3 is 24.4 Å². The van der Waals surface area contributed by atoms with E-state index >= 15 is 0 Å². The number of benzene rings is 2. The monoisotopic (exact) mass is 445 g/mol. The van der Waals surface area contributed by atoms with E-state index in [0.717, 1.165) is 22.5 Å². The largest absolute Gasteiger partial charge is 0.484 e. The Morgan fingerprint density at radius 1 is 1.06 bits per heavy atom. The number of ether oxygens (including phenoxy) is 3. The molecule has 1 aliphatic heterocycles. The lowest BCUT2D eigenvalue weighted by atomic mass is 9.99. The summed E-state index contributed by atoms with van der Waals surface area (Å²) in [5.41, 5.74) is 3.93. The zero-order valence-corrected chi connectivity index (χ0v) is 18.3. The van der Waals surface area contributed by atoms with Gasteiger partial charge in [0, 0.05) is 31.5 Å². The molecular weight excluding hydrogens is 417 g/mol. The lowest BCUT2D eigenvalue weighted by molar-refractivity contribution is -0.385. The number of alkyl halides is 1. The third-order valence-corrected chi connectivity index (χ3v) is 4.95. The van der Waals surface area contributed by atoms with Crippen LogP contribution in [0.3, 0.4) is 0 Å². The molecule has 0 fully saturated rings. The molecule has 8 nitrogen and oxygen atoms in total. The molecule has 0 saturated carbocycles. The number of anilines is 2. The minimum absolute atomic E-state index is 0.0454. The second-order valence-electron chi connectivity index (χ2n) is 7.39. The molecular formula is C23H28FN3O5. The van der Waals surface area contributed by atoms with Crippen LogP contribution in [-0.2, 0) is 9.47 Å². The summed E-state index contributed by atoms with van der Waals surface area (Å²) < 4.78 is 27.9. The molecule has 0 bridgehead atoms. The highest BCUT2D eigenvalue weighted by molar-refractivity contribution is 5.75. The van der Waals surface area contributed by atoms with Crippen molar-refractivity contribution in [2.45, 2.75) is 6.04 Å². The molecule has 0 unspecified atom stereocenters. The number of nitrogens with zero attached hydrogens (tertiary/aromatic N) is 2. The summed E-state index contributed by atoms with van der Waals surface area (Å²) in [4.78, 5) is 13.0. The van der Waals surface area contributed by atoms with Crippen molar-refractivity contribution in [2.75, 3.05) is 64.0 Å². The minimum Gasteiger partial charge on any atom is -0.484 e. The Bertz CT molecular complexity index is 951. The van der Waals surface area contributed by atoms with Gasteiger partial charge in [-0.05, 0) is 41.5 Å². The zero-order chi connectivity index (χ0) is 22.9. The first kappa shape index (κ1) is 23.5. The van der Waals surface area contributed by atoms with Gasteiger partial charge in [0.1, 0.15) is 13.3 Å². The lowest BCUT2D eigenvalue weighted by Crippen LogP contribution is -2.15. The molecule has 0 radical (unpaired) electrons. The molecule has 3 rings (SSSR count). The average Bonchev–Trinajstić information content (AvgIpc) is 2.79. The van der Waals surface area contributed by atoms with Gasteiger partial charge in [0.25, 0.3) is 0 Å². The summed E-state index contributed by atoms with van der Waals surface area (Å²) in [5, 5.41) is 14.9. The van der Waals surface area contributed by atoms with Crippen LogP contribution in [0.1, 0.15) is 17.2 Å². The number of nitro groups is 1. The molecule has 1 atom stereocenters. The van der Waals surface area contributed by atoms with Gasteiger partial charge in [-0.1, -0.05) is 12.2 Å². The molecule has 1 aliphatic rings. The maximum absolute atomic E-state index is 11.9. The summed E-state index contributed by atoms with van der Waals surface area (Å²) in [7, 11) is 3.99. The fourth-order valence-corrected chi connectivity index (χ4v) is 3.29. The minimum atomic E-state index is -0.531. The van der Waals surface area contributed by atoms with E-state index in [4.69, 9.17) is 14.2 Å². The molecule has 9 heteroatoms. The highest BCUT2D eigenvalue weighted by Crippen LogP contribution is 2.36. The summed E-state index contributed by atoms with van der Waals surface area (Å²) in [5.74, 6) is 0.189. The van der Waals surface area contributed by atoms with E-state index in [-0.39, 0.29) is 43.9 Å². The van der Waals surface area contributed by atoms with Gasteiger partial charge in [0.2, 0.25) is 0 Å². The summed E-state index contributed by atoms with van der Waals surface area (Å²) in [6.07, 6.45) is 4.07. The zero-order valence-electron chi connectivity index (χ0n) is 18.3. The predicted octanol–water partition coefficient (Wildman–Crippen LogP) is 4.22. The van der Waals surface area contributed by atoms with E-state index in [1.165, 1.54) is 6.07 Å². The van der Waals surface area contributed by atoms with Gasteiger partial charge in [0.05, 0.1) is 37.4 Å². The van der Waals surface area contributed by atoms with E-state index < -0.39 is 11.6 Å². The Balaban J connectivity index is 1.64. The number of hydrogen-bond donors (Lipinski definition) is 1. The van der Waals surface area contributed by atoms with Crippen LogP contribution in [0.2, 0.25) is 0 Å². The lowest BCUT2D eigenvalue weighted by Gasteiger charge is -2.24. The molecule has 0 aliphatic carbocycles. The fourth-order valence-electron chi connectivity index (χ4n) is 3.29. The SMILES string of the molecule is CN(C)c1ccc2c(c1)C=C[C@@H](c1ccc([N+](=O)[O-])c(OCCOCCOCCF)c1)N2. The Labute approximate surface area is 186 Å². The van der Waals surface area contributed by atoms with Gasteiger partial charge in [-0.3, -0.25) is 10.1 Å². The van der Waals surface area contributed by atoms with Crippen LogP contribution in [0, 0.1) is 10.1 Å². The maximum atomic E-state index is 11.9. The van der Waals surface area contributed by atoms with Gasteiger partial charge in [-0.2, -0.15) is 0 Å². The molecule has 0 aromatic heterocycles. The highest BCUT2D eigenvalue weighted by Gasteiger charge is 2.21. The van der Waals surface area contributed by atoms with Crippen LogP contribution in [0.4, 0.5) is 21.5 Å². The molecule has 172 valence electrons. The molecule has 0 spiro atoms. The molecule has 32 heavy (non-hydrogen) atoms. The Kier molecular flexibility index (Phi) is 8.41. The van der Waals surface area contributed by atoms with Crippen molar-refractivity contribution in [2.24, 2.45) is 0 Å². The molecule has 2 aromatic rings. The third-order valence-electron chi connectivity index (χ3n) is 4.95. The van der Waals surface area contributed by atoms with E-state index in [9.17, 15) is 14.5 Å². The first-order chi connectivity index (χ1) is 15.5. The average molecular weight is 445 g/mol. The number of hydrogen-bond acceptors (Lipinski definition) is 7. The van der Waals surface area contributed by atoms with Crippen molar-refractivity contribution in [3.05, 3.63) is 63.7 Å². The van der Waals surface area contributed by atoms with E-state index in [0.29, 0.717) is 6.61 Å². The third kappa shape index (κ3) is 6.18. The number of nitro benzene ring substituents is 1. The topological polar surface area (TPSA) is 86.1 Å². The standard InChI is InChI=1S/C23H28FN3O5/c1-26(2)19-5-7-21-17(15-19)3-6-20(25-21)18-4-8-22(27(28)29)23(16-18)32-14-13-31-12-11-30-10-9-24/h3-8,15-16,20,25H,9-14H2,1-2H3/t20-/m0/s1. The van der Waals surface area contributed by atoms with Gasteiger partial charge in [-0.25, -0.2) is 4.39 Å². The highest BCUT2D eigenvalue weighted by atomic mass is 19.1. The van der Waals surface area contributed by atoms with Crippen LogP contribution < -0.4 is 15.0 Å². The molecule has 2 aromatic carbocycles. The Hall–Kier alpha value is -3.17. The predicted molar refractivity (Wildman–Crippen MR) is 122 cm³/mol. The molecule has 0 saturated heterocycles. The first-order valence-electron chi connectivity index (χ1n) is 10.4. The van der Waals surface area contributed by atoms with Gasteiger partial charge in [-0.15, -0.1) is 0 Å². The quantitative estimate of drug-likeness (QED) is 0.297. The van der Waals surface area contributed by atoms with Crippen LogP contribution in [-0.4, -0.2) is 58.7 Å². The van der Waals surface area contributed by atoms with Gasteiger partial charge >= 0.3 is 5.69 Å². The van der Waals surface area contributed by atoms with Crippen LogP contribution in [0.5, 0.6) is 5.75 Å². The van der Waals surface area contributed by atoms with E-state index in [1.54, 1.807) is 12.1 Å². The normalized spacial score (nSPS) is 14.5. The van der Waals surface area contributed by atoms with Crippen molar-refractivity contribution in [1.82, 2.24) is 0 Å². The summed E-state index contributed by atoms with van der Waals surface area (Å²) >= 11 is 0. The van der Waals surface area contributed by atoms with E-state index in [2.05, 4.69) is 11.4 Å². The summed E-state index contributed by atoms with van der Waals surface area (Å²) in [6, 6.07) is 10.9. The van der Waals surface area contributed by atoms with Crippen LogP contribution in [0.25, 0.3) is 6.08 Å². The number of halogens is 1. The van der Waals surface area contributed by atoms with Crippen LogP contribution >= 0.6 is 0 Å². The number of nitrogens with one attached hydrogen (secondary N) is 1. The molecule has 0 amide bonds. The van der Waals surface area contributed by atoms with Gasteiger partial charge in [0.15, 0.2) is 5.75 Å². The smallest absolute Gasteiger partial charge is 0.310 e. The van der Waals surface area contributed by atoms with Crippen molar-refractivity contribution >= 4 is 23.1 Å². The van der Waals surface area contributed by atoms with E-state index in [1.807, 2.05) is 43.3 Å². The molecule has 1 N–H and O–H groups in total. The fraction of sp³-hybridized carbons (Fsp3) is 0.391. The number of rotatable bonds is 12. The number of fused-ring (bicyclic) bond motifs is 1. The van der Waals surface area contributed by atoms with Crippen molar-refractivity contribution in [3.8, 4) is 5.75 Å². The van der Waals surface area contributed by atoms with Crippen molar-refractivity contribution < 1.29 is 23.5 Å². The second kappa shape index (κ2) is 11.4. The Morgan fingerprint density at radius 2 is 1.81 bits per heavy atom. The van der Waals surface area contributed by atoms with Crippen molar-refractivity contribution in [1.29, 1.82) is 0 Å². The Morgan fingerprint density at radius 3 is 2.53 bits per heavy atom. The maximum Gasteiger partial charge on any atom is 0.310 e. The first-order valence-corrected chi connectivity index (χ1v) is 10.4. The van der Waals surface area contributed by atoms with Crippen molar-refractivity contribution in [3.63, 3.8) is 0 Å². The second-order valence-corrected chi connectivity index (χ2v) is 7.39.